The Morgan fingerprint density at radius 2 is 1.88 bits per heavy atom. The summed E-state index contributed by atoms with van der Waals surface area (Å²) in [5, 5.41) is 46.0. The fraction of sp³-hybridized carbons (Fsp3) is 0.889. The van der Waals surface area contributed by atoms with E-state index in [1.54, 1.807) is 0 Å². The highest BCUT2D eigenvalue weighted by atomic mass is 16.4. The molecule has 94 valence electrons. The lowest BCUT2D eigenvalue weighted by Gasteiger charge is -2.42. The van der Waals surface area contributed by atoms with E-state index >= 15 is 0 Å². The molecule has 1 aliphatic rings. The summed E-state index contributed by atoms with van der Waals surface area (Å²) < 4.78 is 0. The minimum Gasteiger partial charge on any atom is -0.481 e. The number of carboxylic acid groups (broad SMARTS) is 1. The van der Waals surface area contributed by atoms with Crippen molar-refractivity contribution in [3.05, 3.63) is 0 Å². The van der Waals surface area contributed by atoms with Crippen molar-refractivity contribution in [3.63, 3.8) is 0 Å². The molecule has 0 aromatic heterocycles. The summed E-state index contributed by atoms with van der Waals surface area (Å²) in [4.78, 5) is 11.9. The van der Waals surface area contributed by atoms with Crippen molar-refractivity contribution >= 4 is 5.97 Å². The molecule has 0 saturated carbocycles. The molecule has 0 bridgehead atoms. The molecular weight excluding hydrogens is 218 g/mol. The number of rotatable bonds is 4. The highest BCUT2D eigenvalue weighted by molar-refractivity contribution is 5.66. The van der Waals surface area contributed by atoms with Crippen LogP contribution in [-0.2, 0) is 4.79 Å². The third-order valence-corrected chi connectivity index (χ3v) is 2.83. The van der Waals surface area contributed by atoms with Gasteiger partial charge in [0, 0.05) is 13.1 Å². The van der Waals surface area contributed by atoms with Gasteiger partial charge in [0.25, 0.3) is 0 Å². The largest absolute Gasteiger partial charge is 0.481 e. The summed E-state index contributed by atoms with van der Waals surface area (Å²) in [6.07, 6.45) is -3.86. The van der Waals surface area contributed by atoms with Gasteiger partial charge in [-0.3, -0.25) is 9.69 Å². The maximum Gasteiger partial charge on any atom is 0.304 e. The lowest BCUT2D eigenvalue weighted by Crippen LogP contribution is -2.62. The van der Waals surface area contributed by atoms with Crippen molar-refractivity contribution in [3.8, 4) is 0 Å². The first-order chi connectivity index (χ1) is 7.47. The van der Waals surface area contributed by atoms with Gasteiger partial charge in [-0.05, 0) is 0 Å². The Bertz CT molecular complexity index is 248. The highest BCUT2D eigenvalue weighted by Crippen LogP contribution is 2.18. The van der Waals surface area contributed by atoms with Crippen LogP contribution >= 0.6 is 0 Å². The Kier molecular flexibility index (Phi) is 4.63. The molecule has 0 spiro atoms. The maximum absolute atomic E-state index is 10.4. The van der Waals surface area contributed by atoms with E-state index in [9.17, 15) is 20.1 Å². The molecule has 2 unspecified atom stereocenters. The molecule has 7 heteroatoms. The Hall–Kier alpha value is -0.730. The van der Waals surface area contributed by atoms with E-state index in [1.807, 2.05) is 0 Å². The first kappa shape index (κ1) is 13.3. The number of aliphatic hydroxyl groups is 4. The van der Waals surface area contributed by atoms with Crippen molar-refractivity contribution in [1.29, 1.82) is 0 Å². The standard InChI is InChI=1S/C9H17NO6/c11-4-5-8(15)9(16)6(12)3-10(5)2-1-7(13)14/h5-6,8-9,11-12,15-16H,1-4H2,(H,13,14)/t5?,6-,8-,9?/m1/s1. The average Bonchev–Trinajstić information content (AvgIpc) is 2.23. The number of carbonyl (C=O) groups is 1. The fourth-order valence-corrected chi connectivity index (χ4v) is 1.87. The zero-order valence-corrected chi connectivity index (χ0v) is 8.73. The average molecular weight is 235 g/mol. The van der Waals surface area contributed by atoms with Gasteiger partial charge >= 0.3 is 5.97 Å². The molecule has 1 aliphatic heterocycles. The monoisotopic (exact) mass is 235 g/mol. The van der Waals surface area contributed by atoms with Crippen molar-refractivity contribution in [1.82, 2.24) is 4.90 Å². The van der Waals surface area contributed by atoms with Crippen LogP contribution in [0.2, 0.25) is 0 Å². The smallest absolute Gasteiger partial charge is 0.304 e. The molecule has 0 amide bonds. The van der Waals surface area contributed by atoms with Crippen LogP contribution in [0.1, 0.15) is 6.42 Å². The Morgan fingerprint density at radius 1 is 1.25 bits per heavy atom. The molecule has 0 aromatic rings. The third-order valence-electron chi connectivity index (χ3n) is 2.83. The number of aliphatic carboxylic acids is 1. The van der Waals surface area contributed by atoms with Gasteiger partial charge in [0.2, 0.25) is 0 Å². The van der Waals surface area contributed by atoms with Crippen LogP contribution in [0.4, 0.5) is 0 Å². The van der Waals surface area contributed by atoms with Gasteiger partial charge in [-0.25, -0.2) is 0 Å². The molecule has 7 nitrogen and oxygen atoms in total. The first-order valence-corrected chi connectivity index (χ1v) is 5.08. The number of likely N-dealkylation sites (tertiary alicyclic amines) is 1. The molecular formula is C9H17NO6. The van der Waals surface area contributed by atoms with E-state index < -0.39 is 36.9 Å². The summed E-state index contributed by atoms with van der Waals surface area (Å²) in [5.41, 5.74) is 0. The van der Waals surface area contributed by atoms with E-state index in [2.05, 4.69) is 0 Å². The van der Waals surface area contributed by atoms with Gasteiger partial charge < -0.3 is 25.5 Å². The zero-order chi connectivity index (χ0) is 12.3. The molecule has 1 saturated heterocycles. The van der Waals surface area contributed by atoms with Crippen LogP contribution < -0.4 is 0 Å². The van der Waals surface area contributed by atoms with Crippen LogP contribution in [0, 0.1) is 0 Å². The minimum atomic E-state index is -1.31. The predicted molar refractivity (Wildman–Crippen MR) is 52.7 cm³/mol. The predicted octanol–water partition coefficient (Wildman–Crippen LogP) is -2.78. The van der Waals surface area contributed by atoms with Gasteiger partial charge in [-0.1, -0.05) is 0 Å². The Labute approximate surface area is 92.5 Å². The minimum absolute atomic E-state index is 0.0384. The second-order valence-electron chi connectivity index (χ2n) is 3.94. The molecule has 1 heterocycles. The van der Waals surface area contributed by atoms with Crippen molar-refractivity contribution in [2.45, 2.75) is 30.8 Å². The lowest BCUT2D eigenvalue weighted by molar-refractivity contribution is -0.150. The summed E-state index contributed by atoms with van der Waals surface area (Å²) >= 11 is 0. The van der Waals surface area contributed by atoms with E-state index in [0.717, 1.165) is 0 Å². The number of aliphatic hydroxyl groups excluding tert-OH is 4. The number of β-amino-alcohol motifs (C(OH)–C–C–N with tert-alkyl or cyclic N) is 1. The molecule has 0 aromatic carbocycles. The van der Waals surface area contributed by atoms with Crippen molar-refractivity contribution in [2.75, 3.05) is 19.7 Å². The van der Waals surface area contributed by atoms with Crippen LogP contribution in [0.25, 0.3) is 0 Å². The number of carboxylic acids is 1. The van der Waals surface area contributed by atoms with Crippen molar-refractivity contribution < 1.29 is 30.3 Å². The summed E-state index contributed by atoms with van der Waals surface area (Å²) in [7, 11) is 0. The van der Waals surface area contributed by atoms with Crippen LogP contribution in [0.15, 0.2) is 0 Å². The van der Waals surface area contributed by atoms with Gasteiger partial charge in [0.05, 0.1) is 25.2 Å². The third kappa shape index (κ3) is 2.89. The van der Waals surface area contributed by atoms with Gasteiger partial charge in [-0.15, -0.1) is 0 Å². The molecule has 1 fully saturated rings. The fourth-order valence-electron chi connectivity index (χ4n) is 1.87. The quantitative estimate of drug-likeness (QED) is 0.357. The summed E-state index contributed by atoms with van der Waals surface area (Å²) in [6, 6.07) is -0.738. The maximum atomic E-state index is 10.4. The number of hydrogen-bond donors (Lipinski definition) is 5. The van der Waals surface area contributed by atoms with Crippen LogP contribution in [-0.4, -0.2) is 80.5 Å². The number of piperidine rings is 1. The lowest BCUT2D eigenvalue weighted by atomic mass is 9.94. The molecule has 5 N–H and O–H groups in total. The SMILES string of the molecule is O=C(O)CCN1C[C@@H](O)C(O)[C@H](O)C1CO. The molecule has 0 radical (unpaired) electrons. The number of hydrogen-bond acceptors (Lipinski definition) is 6. The molecule has 1 rings (SSSR count). The zero-order valence-electron chi connectivity index (χ0n) is 8.73. The normalized spacial score (nSPS) is 36.2. The highest BCUT2D eigenvalue weighted by Gasteiger charge is 2.40. The molecule has 4 atom stereocenters. The van der Waals surface area contributed by atoms with Gasteiger partial charge in [0.1, 0.15) is 12.2 Å². The second kappa shape index (κ2) is 5.55. The van der Waals surface area contributed by atoms with Crippen LogP contribution in [0.5, 0.6) is 0 Å². The summed E-state index contributed by atoms with van der Waals surface area (Å²) in [6.45, 7) is -0.247. The van der Waals surface area contributed by atoms with Gasteiger partial charge in [0.15, 0.2) is 0 Å². The van der Waals surface area contributed by atoms with Crippen molar-refractivity contribution in [2.24, 2.45) is 0 Å². The Morgan fingerprint density at radius 3 is 2.38 bits per heavy atom. The molecule has 16 heavy (non-hydrogen) atoms. The topological polar surface area (TPSA) is 121 Å². The van der Waals surface area contributed by atoms with E-state index in [0.29, 0.717) is 0 Å². The molecule has 0 aliphatic carbocycles. The summed E-state index contributed by atoms with van der Waals surface area (Å²) in [5.74, 6) is -0.994. The van der Waals surface area contributed by atoms with E-state index in [-0.39, 0.29) is 19.5 Å². The van der Waals surface area contributed by atoms with Crippen LogP contribution in [0.3, 0.4) is 0 Å². The first-order valence-electron chi connectivity index (χ1n) is 5.08. The Balaban J connectivity index is 2.63. The van der Waals surface area contributed by atoms with E-state index in [1.165, 1.54) is 4.90 Å². The van der Waals surface area contributed by atoms with E-state index in [4.69, 9.17) is 10.2 Å². The second-order valence-corrected chi connectivity index (χ2v) is 3.94. The van der Waals surface area contributed by atoms with Gasteiger partial charge in [-0.2, -0.15) is 0 Å². The number of nitrogens with zero attached hydrogens (tertiary/aromatic N) is 1.